The van der Waals surface area contributed by atoms with Crippen LogP contribution in [0.5, 0.6) is 5.75 Å². The Morgan fingerprint density at radius 3 is 2.52 bits per heavy atom. The predicted molar refractivity (Wildman–Crippen MR) is 99.3 cm³/mol. The number of aryl methyl sites for hydroxylation is 1. The molecule has 0 bridgehead atoms. The second kappa shape index (κ2) is 7.65. The first-order valence-electron chi connectivity index (χ1n) is 8.70. The van der Waals surface area contributed by atoms with Gasteiger partial charge in [0.2, 0.25) is 0 Å². The fraction of sp³-hybridized carbons (Fsp3) is 0.350. The van der Waals surface area contributed by atoms with Crippen LogP contribution in [0, 0.1) is 12.8 Å². The molecule has 1 aliphatic carbocycles. The van der Waals surface area contributed by atoms with Crippen molar-refractivity contribution in [1.29, 1.82) is 0 Å². The number of benzene rings is 1. The van der Waals surface area contributed by atoms with Gasteiger partial charge in [0.15, 0.2) is 0 Å². The van der Waals surface area contributed by atoms with Crippen molar-refractivity contribution in [2.45, 2.75) is 25.8 Å². The SMILES string of the molecule is COC(=O)C1CC(NC(=O)c2c(C)ccn(-c3ccccc3OC)c2=O)C1. The number of ether oxygens (including phenoxy) is 2. The summed E-state index contributed by atoms with van der Waals surface area (Å²) < 4.78 is 11.4. The zero-order valence-corrected chi connectivity index (χ0v) is 15.5. The Bertz CT molecular complexity index is 928. The zero-order chi connectivity index (χ0) is 19.6. The maximum Gasteiger partial charge on any atom is 0.308 e. The van der Waals surface area contributed by atoms with Gasteiger partial charge in [-0.3, -0.25) is 19.0 Å². The number of hydrogen-bond donors (Lipinski definition) is 1. The van der Waals surface area contributed by atoms with Crippen LogP contribution in [-0.2, 0) is 9.53 Å². The predicted octanol–water partition coefficient (Wildman–Crippen LogP) is 1.84. The molecular formula is C20H22N2O5. The van der Waals surface area contributed by atoms with E-state index in [9.17, 15) is 14.4 Å². The van der Waals surface area contributed by atoms with Gasteiger partial charge in [-0.1, -0.05) is 12.1 Å². The highest BCUT2D eigenvalue weighted by Crippen LogP contribution is 2.28. The van der Waals surface area contributed by atoms with Crippen LogP contribution in [0.1, 0.15) is 28.8 Å². The number of aromatic nitrogens is 1. The summed E-state index contributed by atoms with van der Waals surface area (Å²) in [6.07, 6.45) is 2.67. The molecule has 7 nitrogen and oxygen atoms in total. The molecule has 0 unspecified atom stereocenters. The van der Waals surface area contributed by atoms with E-state index in [2.05, 4.69) is 5.32 Å². The number of nitrogens with zero attached hydrogens (tertiary/aromatic N) is 1. The molecule has 3 rings (SSSR count). The normalized spacial score (nSPS) is 18.3. The first-order chi connectivity index (χ1) is 13.0. The van der Waals surface area contributed by atoms with Gasteiger partial charge in [-0.15, -0.1) is 0 Å². The highest BCUT2D eigenvalue weighted by atomic mass is 16.5. The van der Waals surface area contributed by atoms with Gasteiger partial charge in [0, 0.05) is 12.2 Å². The van der Waals surface area contributed by atoms with Crippen molar-refractivity contribution >= 4 is 11.9 Å². The number of methoxy groups -OCH3 is 2. The van der Waals surface area contributed by atoms with Crippen molar-refractivity contribution < 1.29 is 19.1 Å². The Kier molecular flexibility index (Phi) is 5.30. The van der Waals surface area contributed by atoms with Crippen molar-refractivity contribution in [2.24, 2.45) is 5.92 Å². The van der Waals surface area contributed by atoms with Gasteiger partial charge >= 0.3 is 5.97 Å². The number of para-hydroxylation sites is 2. The minimum Gasteiger partial charge on any atom is -0.495 e. The third-order valence-electron chi connectivity index (χ3n) is 4.88. The summed E-state index contributed by atoms with van der Waals surface area (Å²) >= 11 is 0. The lowest BCUT2D eigenvalue weighted by Crippen LogP contribution is -2.48. The van der Waals surface area contributed by atoms with E-state index >= 15 is 0 Å². The van der Waals surface area contributed by atoms with E-state index in [1.165, 1.54) is 18.8 Å². The molecular weight excluding hydrogens is 348 g/mol. The van der Waals surface area contributed by atoms with Crippen LogP contribution < -0.4 is 15.6 Å². The van der Waals surface area contributed by atoms with E-state index in [-0.39, 0.29) is 23.5 Å². The molecule has 1 amide bonds. The lowest BCUT2D eigenvalue weighted by atomic mass is 9.80. The van der Waals surface area contributed by atoms with Gasteiger partial charge in [-0.05, 0) is 43.5 Å². The highest BCUT2D eigenvalue weighted by Gasteiger charge is 2.36. The van der Waals surface area contributed by atoms with Crippen molar-refractivity contribution in [3.63, 3.8) is 0 Å². The Labute approximate surface area is 156 Å². The van der Waals surface area contributed by atoms with Gasteiger partial charge in [0.25, 0.3) is 11.5 Å². The number of hydrogen-bond acceptors (Lipinski definition) is 5. The summed E-state index contributed by atoms with van der Waals surface area (Å²) in [6.45, 7) is 1.72. The zero-order valence-electron chi connectivity index (χ0n) is 15.5. The molecule has 1 fully saturated rings. The molecule has 0 atom stereocenters. The lowest BCUT2D eigenvalue weighted by molar-refractivity contribution is -0.149. The van der Waals surface area contributed by atoms with Crippen LogP contribution in [0.3, 0.4) is 0 Å². The first-order valence-corrected chi connectivity index (χ1v) is 8.70. The van der Waals surface area contributed by atoms with E-state index in [0.717, 1.165) is 0 Å². The summed E-state index contributed by atoms with van der Waals surface area (Å²) in [5.74, 6) is -0.359. The summed E-state index contributed by atoms with van der Waals surface area (Å²) in [5, 5.41) is 2.84. The second-order valence-electron chi connectivity index (χ2n) is 6.58. The molecule has 1 aliphatic rings. The molecule has 7 heteroatoms. The maximum absolute atomic E-state index is 13.0. The van der Waals surface area contributed by atoms with E-state index < -0.39 is 11.5 Å². The quantitative estimate of drug-likeness (QED) is 0.812. The van der Waals surface area contributed by atoms with E-state index in [1.54, 1.807) is 37.4 Å². The number of carbonyl (C=O) groups excluding carboxylic acids is 2. The summed E-state index contributed by atoms with van der Waals surface area (Å²) in [4.78, 5) is 37.1. The Morgan fingerprint density at radius 1 is 1.15 bits per heavy atom. The second-order valence-corrected chi connectivity index (χ2v) is 6.58. The number of esters is 1. The fourth-order valence-corrected chi connectivity index (χ4v) is 3.27. The van der Waals surface area contributed by atoms with Gasteiger partial charge in [0.05, 0.1) is 25.8 Å². The monoisotopic (exact) mass is 370 g/mol. The van der Waals surface area contributed by atoms with E-state index in [0.29, 0.717) is 29.8 Å². The van der Waals surface area contributed by atoms with Crippen LogP contribution in [0.15, 0.2) is 41.3 Å². The number of carbonyl (C=O) groups is 2. The molecule has 0 spiro atoms. The maximum atomic E-state index is 13.0. The molecule has 2 aromatic rings. The van der Waals surface area contributed by atoms with Crippen molar-refractivity contribution in [1.82, 2.24) is 9.88 Å². The average Bonchev–Trinajstić information content (AvgIpc) is 2.64. The molecule has 142 valence electrons. The van der Waals surface area contributed by atoms with Crippen LogP contribution in [-0.4, -0.2) is 36.7 Å². The van der Waals surface area contributed by atoms with Crippen molar-refractivity contribution in [2.75, 3.05) is 14.2 Å². The molecule has 1 heterocycles. The van der Waals surface area contributed by atoms with Crippen LogP contribution in [0.25, 0.3) is 5.69 Å². The fourth-order valence-electron chi connectivity index (χ4n) is 3.27. The highest BCUT2D eigenvalue weighted by molar-refractivity contribution is 5.95. The minimum atomic E-state index is -0.435. The molecule has 0 aliphatic heterocycles. The molecule has 27 heavy (non-hydrogen) atoms. The van der Waals surface area contributed by atoms with Crippen molar-refractivity contribution in [3.05, 3.63) is 58.0 Å². The van der Waals surface area contributed by atoms with Crippen molar-refractivity contribution in [3.8, 4) is 11.4 Å². The molecule has 1 aromatic carbocycles. The van der Waals surface area contributed by atoms with Gasteiger partial charge < -0.3 is 14.8 Å². The molecule has 0 radical (unpaired) electrons. The third-order valence-corrected chi connectivity index (χ3v) is 4.88. The number of pyridine rings is 1. The third kappa shape index (κ3) is 3.58. The molecule has 1 aromatic heterocycles. The number of amides is 1. The first kappa shape index (κ1) is 18.7. The number of nitrogens with one attached hydrogen (secondary N) is 1. The van der Waals surface area contributed by atoms with Crippen LogP contribution >= 0.6 is 0 Å². The largest absolute Gasteiger partial charge is 0.495 e. The summed E-state index contributed by atoms with van der Waals surface area (Å²) in [7, 11) is 2.88. The summed E-state index contributed by atoms with van der Waals surface area (Å²) in [6, 6.07) is 8.70. The van der Waals surface area contributed by atoms with Crippen LogP contribution in [0.4, 0.5) is 0 Å². The van der Waals surface area contributed by atoms with Crippen LogP contribution in [0.2, 0.25) is 0 Å². The minimum absolute atomic E-state index is 0.0879. The van der Waals surface area contributed by atoms with E-state index in [1.807, 2.05) is 6.07 Å². The lowest BCUT2D eigenvalue weighted by Gasteiger charge is -2.33. The number of rotatable bonds is 5. The molecule has 0 saturated heterocycles. The Hall–Kier alpha value is -3.09. The van der Waals surface area contributed by atoms with Gasteiger partial charge in [-0.25, -0.2) is 0 Å². The standard InChI is InChI=1S/C20H22N2O5/c1-12-8-9-22(15-6-4-5-7-16(15)26-2)19(24)17(12)18(23)21-14-10-13(11-14)20(25)27-3/h4-9,13-14H,10-11H2,1-3H3,(H,21,23). The average molecular weight is 370 g/mol. The van der Waals surface area contributed by atoms with Gasteiger partial charge in [0.1, 0.15) is 11.3 Å². The van der Waals surface area contributed by atoms with Gasteiger partial charge in [-0.2, -0.15) is 0 Å². The molecule has 1 N–H and O–H groups in total. The van der Waals surface area contributed by atoms with E-state index in [4.69, 9.17) is 9.47 Å². The summed E-state index contributed by atoms with van der Waals surface area (Å²) in [5.41, 5.74) is 0.826. The smallest absolute Gasteiger partial charge is 0.308 e. The molecule has 1 saturated carbocycles. The Balaban J connectivity index is 1.85. The Morgan fingerprint density at radius 2 is 1.85 bits per heavy atom. The topological polar surface area (TPSA) is 86.6 Å².